The maximum absolute atomic E-state index is 9.30. The number of hydrogen-bond acceptors (Lipinski definition) is 4. The van der Waals surface area contributed by atoms with E-state index in [1.54, 1.807) is 0 Å². The molecule has 0 amide bonds. The highest BCUT2D eigenvalue weighted by atomic mass is 16.5. The van der Waals surface area contributed by atoms with Crippen LogP contribution < -0.4 is 0 Å². The van der Waals surface area contributed by atoms with Gasteiger partial charge in [0, 0.05) is 31.7 Å². The molecule has 0 aliphatic carbocycles. The highest BCUT2D eigenvalue weighted by molar-refractivity contribution is 4.88. The van der Waals surface area contributed by atoms with Crippen molar-refractivity contribution in [2.75, 3.05) is 46.0 Å². The lowest BCUT2D eigenvalue weighted by Gasteiger charge is -2.47. The number of piperazine rings is 1. The smallest absolute Gasteiger partial charge is 0.0645 e. The van der Waals surface area contributed by atoms with Gasteiger partial charge in [0.1, 0.15) is 0 Å². The molecule has 0 bridgehead atoms. The average molecular weight is 214 g/mol. The van der Waals surface area contributed by atoms with Gasteiger partial charge in [-0.2, -0.15) is 0 Å². The summed E-state index contributed by atoms with van der Waals surface area (Å²) in [6, 6.07) is 0.657. The second-order valence-electron chi connectivity index (χ2n) is 5.18. The number of hydrogen-bond donors (Lipinski definition) is 1. The number of ether oxygens (including phenoxy) is 1. The Bertz CT molecular complexity index is 209. The van der Waals surface area contributed by atoms with Crippen LogP contribution in [0.1, 0.15) is 13.8 Å². The van der Waals surface area contributed by atoms with Gasteiger partial charge >= 0.3 is 0 Å². The molecule has 1 N–H and O–H groups in total. The lowest BCUT2D eigenvalue weighted by Crippen LogP contribution is -2.60. The van der Waals surface area contributed by atoms with Crippen molar-refractivity contribution in [3.8, 4) is 0 Å². The Morgan fingerprint density at radius 3 is 2.20 bits per heavy atom. The molecule has 0 aromatic rings. The fraction of sp³-hybridized carbons (Fsp3) is 1.00. The van der Waals surface area contributed by atoms with Gasteiger partial charge in [-0.1, -0.05) is 0 Å². The minimum absolute atomic E-state index is 0.0673. The summed E-state index contributed by atoms with van der Waals surface area (Å²) in [4.78, 5) is 4.89. The summed E-state index contributed by atoms with van der Waals surface area (Å²) in [6.07, 6.45) is 0. The van der Waals surface area contributed by atoms with Crippen LogP contribution in [0, 0.1) is 0 Å². The second-order valence-corrected chi connectivity index (χ2v) is 5.18. The van der Waals surface area contributed by atoms with Gasteiger partial charge in [-0.15, -0.1) is 0 Å². The summed E-state index contributed by atoms with van der Waals surface area (Å²) >= 11 is 0. The van der Waals surface area contributed by atoms with Crippen LogP contribution in [-0.2, 0) is 4.74 Å². The molecule has 0 saturated carbocycles. The Morgan fingerprint density at radius 1 is 1.20 bits per heavy atom. The summed E-state index contributed by atoms with van der Waals surface area (Å²) in [5.74, 6) is 0. The molecule has 4 heteroatoms. The first-order valence-corrected chi connectivity index (χ1v) is 5.81. The molecule has 0 atom stereocenters. The van der Waals surface area contributed by atoms with Gasteiger partial charge in [-0.25, -0.2) is 0 Å². The van der Waals surface area contributed by atoms with Gasteiger partial charge < -0.3 is 9.84 Å². The third kappa shape index (κ3) is 2.33. The van der Waals surface area contributed by atoms with Crippen molar-refractivity contribution >= 4 is 0 Å². The highest BCUT2D eigenvalue weighted by Crippen LogP contribution is 2.19. The predicted molar refractivity (Wildman–Crippen MR) is 58.9 cm³/mol. The van der Waals surface area contributed by atoms with Crippen LogP contribution in [0.4, 0.5) is 0 Å². The minimum atomic E-state index is -0.0673. The van der Waals surface area contributed by atoms with Crippen molar-refractivity contribution < 1.29 is 9.84 Å². The van der Waals surface area contributed by atoms with E-state index < -0.39 is 0 Å². The molecular formula is C11H22N2O2. The monoisotopic (exact) mass is 214 g/mol. The third-order valence-corrected chi connectivity index (χ3v) is 3.69. The quantitative estimate of drug-likeness (QED) is 0.704. The number of aliphatic hydroxyl groups excluding tert-OH is 1. The van der Waals surface area contributed by atoms with Gasteiger partial charge in [-0.3, -0.25) is 9.80 Å². The molecule has 0 unspecified atom stereocenters. The van der Waals surface area contributed by atoms with E-state index in [4.69, 9.17) is 4.74 Å². The predicted octanol–water partition coefficient (Wildman–Crippen LogP) is -0.226. The van der Waals surface area contributed by atoms with Gasteiger partial charge in [0.05, 0.1) is 25.9 Å². The van der Waals surface area contributed by atoms with Crippen LogP contribution >= 0.6 is 0 Å². The van der Waals surface area contributed by atoms with E-state index >= 15 is 0 Å². The van der Waals surface area contributed by atoms with Crippen LogP contribution in [-0.4, -0.2) is 72.5 Å². The number of rotatable bonds is 3. The summed E-state index contributed by atoms with van der Waals surface area (Å²) in [5.41, 5.74) is -0.0673. The van der Waals surface area contributed by atoms with Crippen molar-refractivity contribution in [1.29, 1.82) is 0 Å². The molecule has 2 rings (SSSR count). The van der Waals surface area contributed by atoms with Crippen LogP contribution in [0.3, 0.4) is 0 Å². The molecule has 0 aromatic heterocycles. The maximum atomic E-state index is 9.30. The summed E-state index contributed by atoms with van der Waals surface area (Å²) in [7, 11) is 0. The molecule has 4 nitrogen and oxygen atoms in total. The van der Waals surface area contributed by atoms with E-state index in [1.165, 1.54) is 0 Å². The Hall–Kier alpha value is -0.160. The van der Waals surface area contributed by atoms with E-state index in [1.807, 2.05) is 0 Å². The molecule has 15 heavy (non-hydrogen) atoms. The molecule has 2 saturated heterocycles. The van der Waals surface area contributed by atoms with Gasteiger partial charge in [0.25, 0.3) is 0 Å². The Kier molecular flexibility index (Phi) is 3.30. The number of nitrogens with zero attached hydrogens (tertiary/aromatic N) is 2. The maximum Gasteiger partial charge on any atom is 0.0645 e. The largest absolute Gasteiger partial charge is 0.394 e. The zero-order valence-corrected chi connectivity index (χ0v) is 9.78. The topological polar surface area (TPSA) is 35.9 Å². The first kappa shape index (κ1) is 11.3. The Balaban J connectivity index is 1.81. The van der Waals surface area contributed by atoms with Crippen molar-refractivity contribution in [3.63, 3.8) is 0 Å². The fourth-order valence-corrected chi connectivity index (χ4v) is 2.23. The molecule has 88 valence electrons. The van der Waals surface area contributed by atoms with E-state index in [9.17, 15) is 5.11 Å². The molecule has 0 radical (unpaired) electrons. The summed E-state index contributed by atoms with van der Waals surface area (Å²) in [5, 5.41) is 9.30. The van der Waals surface area contributed by atoms with Crippen molar-refractivity contribution in [2.45, 2.75) is 25.4 Å². The van der Waals surface area contributed by atoms with Crippen LogP contribution in [0.5, 0.6) is 0 Å². The molecule has 2 aliphatic rings. The first-order valence-electron chi connectivity index (χ1n) is 5.81. The molecule has 2 aliphatic heterocycles. The standard InChI is InChI=1S/C11H22N2O2/c1-11(2,9-14)13-5-3-12(4-6-13)10-7-15-8-10/h10,14H,3-9H2,1-2H3. The molecule has 2 heterocycles. The lowest BCUT2D eigenvalue weighted by molar-refractivity contribution is -0.0870. The zero-order chi connectivity index (χ0) is 10.9. The highest BCUT2D eigenvalue weighted by Gasteiger charge is 2.33. The van der Waals surface area contributed by atoms with E-state index in [0.717, 1.165) is 39.4 Å². The van der Waals surface area contributed by atoms with Crippen molar-refractivity contribution in [2.24, 2.45) is 0 Å². The van der Waals surface area contributed by atoms with Crippen LogP contribution in [0.15, 0.2) is 0 Å². The van der Waals surface area contributed by atoms with Crippen LogP contribution in [0.25, 0.3) is 0 Å². The molecule has 0 spiro atoms. The van der Waals surface area contributed by atoms with Crippen LogP contribution in [0.2, 0.25) is 0 Å². The van der Waals surface area contributed by atoms with Crippen molar-refractivity contribution in [1.82, 2.24) is 9.80 Å². The first-order chi connectivity index (χ1) is 7.13. The van der Waals surface area contributed by atoms with E-state index in [2.05, 4.69) is 23.6 Å². The Labute approximate surface area is 91.8 Å². The van der Waals surface area contributed by atoms with Crippen molar-refractivity contribution in [3.05, 3.63) is 0 Å². The second kappa shape index (κ2) is 4.37. The average Bonchev–Trinajstić information content (AvgIpc) is 2.16. The van der Waals surface area contributed by atoms with Gasteiger partial charge in [0.15, 0.2) is 0 Å². The minimum Gasteiger partial charge on any atom is -0.394 e. The third-order valence-electron chi connectivity index (χ3n) is 3.69. The SMILES string of the molecule is CC(C)(CO)N1CCN(C2COC2)CC1. The van der Waals surface area contributed by atoms with Gasteiger partial charge in [0.2, 0.25) is 0 Å². The zero-order valence-electron chi connectivity index (χ0n) is 9.78. The lowest BCUT2D eigenvalue weighted by atomic mass is 10.0. The summed E-state index contributed by atoms with van der Waals surface area (Å²) in [6.45, 7) is 10.6. The molecule has 2 fully saturated rings. The molecule has 0 aromatic carbocycles. The van der Waals surface area contributed by atoms with E-state index in [0.29, 0.717) is 6.04 Å². The fourth-order valence-electron chi connectivity index (χ4n) is 2.23. The summed E-state index contributed by atoms with van der Waals surface area (Å²) < 4.78 is 5.21. The Morgan fingerprint density at radius 2 is 1.80 bits per heavy atom. The van der Waals surface area contributed by atoms with E-state index in [-0.39, 0.29) is 12.1 Å². The molecular weight excluding hydrogens is 192 g/mol. The normalized spacial score (nSPS) is 26.6. The van der Waals surface area contributed by atoms with Gasteiger partial charge in [-0.05, 0) is 13.8 Å². The number of aliphatic hydroxyl groups is 1.